The third kappa shape index (κ3) is 2.02. The number of hydrogen-bond acceptors (Lipinski definition) is 3. The highest BCUT2D eigenvalue weighted by Crippen LogP contribution is 2.29. The van der Waals surface area contributed by atoms with E-state index in [2.05, 4.69) is 6.07 Å². The molecule has 1 saturated heterocycles. The van der Waals surface area contributed by atoms with E-state index < -0.39 is 6.10 Å². The molecule has 0 saturated carbocycles. The van der Waals surface area contributed by atoms with Crippen LogP contribution in [0, 0.1) is 0 Å². The highest BCUT2D eigenvalue weighted by Gasteiger charge is 2.33. The summed E-state index contributed by atoms with van der Waals surface area (Å²) < 4.78 is 5.68. The topological polar surface area (TPSA) is 55.6 Å². The molecule has 1 fully saturated rings. The number of amides is 1. The van der Waals surface area contributed by atoms with Crippen molar-refractivity contribution in [2.75, 3.05) is 19.7 Å². The minimum Gasteiger partial charge on any atom is -0.363 e. The maximum atomic E-state index is 12.5. The fourth-order valence-corrected chi connectivity index (χ4v) is 2.75. The van der Waals surface area contributed by atoms with Crippen LogP contribution < -0.4 is 5.73 Å². The van der Waals surface area contributed by atoms with Crippen molar-refractivity contribution in [3.05, 3.63) is 35.4 Å². The fourth-order valence-electron chi connectivity index (χ4n) is 2.75. The summed E-state index contributed by atoms with van der Waals surface area (Å²) in [6, 6.07) is 8.16. The van der Waals surface area contributed by atoms with Crippen LogP contribution in [0.4, 0.5) is 0 Å². The molecule has 2 aliphatic heterocycles. The average molecular weight is 246 g/mol. The molecule has 0 aromatic heterocycles. The first-order valence-electron chi connectivity index (χ1n) is 6.49. The van der Waals surface area contributed by atoms with E-state index in [0.29, 0.717) is 13.2 Å². The van der Waals surface area contributed by atoms with Crippen LogP contribution >= 0.6 is 0 Å². The predicted octanol–water partition coefficient (Wildman–Crippen LogP) is 0.860. The molecule has 4 nitrogen and oxygen atoms in total. The zero-order valence-electron chi connectivity index (χ0n) is 10.3. The Kier molecular flexibility index (Phi) is 3.06. The second-order valence-corrected chi connectivity index (χ2v) is 5.03. The van der Waals surface area contributed by atoms with Gasteiger partial charge >= 0.3 is 0 Å². The van der Waals surface area contributed by atoms with Gasteiger partial charge in [0.05, 0.1) is 6.61 Å². The van der Waals surface area contributed by atoms with E-state index in [1.54, 1.807) is 0 Å². The van der Waals surface area contributed by atoms with Crippen molar-refractivity contribution in [3.63, 3.8) is 0 Å². The van der Waals surface area contributed by atoms with E-state index in [0.717, 1.165) is 24.9 Å². The van der Waals surface area contributed by atoms with Gasteiger partial charge in [0.15, 0.2) is 6.10 Å². The molecule has 96 valence electrons. The molecule has 18 heavy (non-hydrogen) atoms. The minimum absolute atomic E-state index is 0.0649. The molecule has 1 aromatic rings. The lowest BCUT2D eigenvalue weighted by molar-refractivity contribution is -0.144. The number of benzene rings is 1. The molecule has 2 aliphatic rings. The lowest BCUT2D eigenvalue weighted by Crippen LogP contribution is -2.38. The van der Waals surface area contributed by atoms with Crippen LogP contribution in [0.5, 0.6) is 0 Å². The number of nitrogens with zero attached hydrogens (tertiary/aromatic N) is 1. The molecule has 2 unspecified atom stereocenters. The first-order valence-corrected chi connectivity index (χ1v) is 6.49. The summed E-state index contributed by atoms with van der Waals surface area (Å²) >= 11 is 0. The fraction of sp³-hybridized carbons (Fsp3) is 0.500. The third-order valence-electron chi connectivity index (χ3n) is 3.75. The van der Waals surface area contributed by atoms with Crippen molar-refractivity contribution < 1.29 is 9.53 Å². The maximum Gasteiger partial charge on any atom is 0.256 e. The molecule has 3 rings (SSSR count). The standard InChI is InChI=1S/C14H18N2O2/c15-11-5-7-16(9-11)14(17)13-12-4-2-1-3-10(12)6-8-18-13/h1-4,11,13H,5-9,15H2. The number of carbonyl (C=O) groups is 1. The van der Waals surface area contributed by atoms with Gasteiger partial charge in [0.25, 0.3) is 5.91 Å². The van der Waals surface area contributed by atoms with Gasteiger partial charge in [0, 0.05) is 19.1 Å². The Morgan fingerprint density at radius 1 is 1.39 bits per heavy atom. The van der Waals surface area contributed by atoms with Crippen LogP contribution in [0.2, 0.25) is 0 Å². The van der Waals surface area contributed by atoms with Crippen molar-refractivity contribution in [1.29, 1.82) is 0 Å². The van der Waals surface area contributed by atoms with E-state index in [4.69, 9.17) is 10.5 Å². The number of carbonyl (C=O) groups excluding carboxylic acids is 1. The minimum atomic E-state index is -0.430. The quantitative estimate of drug-likeness (QED) is 0.799. The molecule has 1 aromatic carbocycles. The Labute approximate surface area is 107 Å². The number of likely N-dealkylation sites (tertiary alicyclic amines) is 1. The second-order valence-electron chi connectivity index (χ2n) is 5.03. The molecule has 2 N–H and O–H groups in total. The van der Waals surface area contributed by atoms with Crippen LogP contribution in [-0.4, -0.2) is 36.5 Å². The van der Waals surface area contributed by atoms with E-state index in [-0.39, 0.29) is 11.9 Å². The van der Waals surface area contributed by atoms with Crippen LogP contribution in [-0.2, 0) is 16.0 Å². The number of hydrogen-bond donors (Lipinski definition) is 1. The molecular weight excluding hydrogens is 228 g/mol. The van der Waals surface area contributed by atoms with Crippen LogP contribution in [0.3, 0.4) is 0 Å². The molecule has 2 atom stereocenters. The van der Waals surface area contributed by atoms with E-state index in [9.17, 15) is 4.79 Å². The SMILES string of the molecule is NC1CCN(C(=O)C2OCCc3ccccc32)C1. The summed E-state index contributed by atoms with van der Waals surface area (Å²) in [6.07, 6.45) is 1.35. The van der Waals surface area contributed by atoms with Gasteiger partial charge in [0.2, 0.25) is 0 Å². The number of fused-ring (bicyclic) bond motifs is 1. The number of rotatable bonds is 1. The van der Waals surface area contributed by atoms with Crippen molar-refractivity contribution in [1.82, 2.24) is 4.90 Å². The molecule has 4 heteroatoms. The molecular formula is C14H18N2O2. The van der Waals surface area contributed by atoms with Gasteiger partial charge < -0.3 is 15.4 Å². The van der Waals surface area contributed by atoms with Gasteiger partial charge in [-0.15, -0.1) is 0 Å². The summed E-state index contributed by atoms with van der Waals surface area (Å²) in [5, 5.41) is 0. The van der Waals surface area contributed by atoms with Crippen molar-refractivity contribution in [3.8, 4) is 0 Å². The Balaban J connectivity index is 1.83. The molecule has 2 heterocycles. The lowest BCUT2D eigenvalue weighted by atomic mass is 9.97. The zero-order chi connectivity index (χ0) is 12.5. The largest absolute Gasteiger partial charge is 0.363 e. The monoisotopic (exact) mass is 246 g/mol. The van der Waals surface area contributed by atoms with Gasteiger partial charge in [-0.25, -0.2) is 0 Å². The maximum absolute atomic E-state index is 12.5. The van der Waals surface area contributed by atoms with Crippen LogP contribution in [0.15, 0.2) is 24.3 Å². The summed E-state index contributed by atoms with van der Waals surface area (Å²) in [5.74, 6) is 0.0649. The number of ether oxygens (including phenoxy) is 1. The summed E-state index contributed by atoms with van der Waals surface area (Å²) in [7, 11) is 0. The van der Waals surface area contributed by atoms with Crippen molar-refractivity contribution in [2.24, 2.45) is 5.73 Å². The highest BCUT2D eigenvalue weighted by molar-refractivity contribution is 5.83. The van der Waals surface area contributed by atoms with Gasteiger partial charge in [-0.05, 0) is 24.0 Å². The molecule has 0 bridgehead atoms. The van der Waals surface area contributed by atoms with Gasteiger partial charge in [0.1, 0.15) is 0 Å². The Bertz CT molecular complexity index is 461. The smallest absolute Gasteiger partial charge is 0.256 e. The zero-order valence-corrected chi connectivity index (χ0v) is 10.3. The Morgan fingerprint density at radius 3 is 3.00 bits per heavy atom. The first-order chi connectivity index (χ1) is 8.75. The Hall–Kier alpha value is -1.39. The molecule has 0 radical (unpaired) electrons. The summed E-state index contributed by atoms with van der Waals surface area (Å²) in [5.41, 5.74) is 8.10. The Morgan fingerprint density at radius 2 is 2.22 bits per heavy atom. The lowest BCUT2D eigenvalue weighted by Gasteiger charge is -2.28. The second kappa shape index (κ2) is 4.71. The van der Waals surface area contributed by atoms with Gasteiger partial charge in [-0.3, -0.25) is 4.79 Å². The highest BCUT2D eigenvalue weighted by atomic mass is 16.5. The normalized spacial score (nSPS) is 27.1. The van der Waals surface area contributed by atoms with Crippen molar-refractivity contribution in [2.45, 2.75) is 25.0 Å². The molecule has 0 aliphatic carbocycles. The summed E-state index contributed by atoms with van der Waals surface area (Å²) in [4.78, 5) is 14.3. The van der Waals surface area contributed by atoms with Gasteiger partial charge in [-0.2, -0.15) is 0 Å². The van der Waals surface area contributed by atoms with E-state index in [1.165, 1.54) is 5.56 Å². The predicted molar refractivity (Wildman–Crippen MR) is 68.0 cm³/mol. The third-order valence-corrected chi connectivity index (χ3v) is 3.75. The van der Waals surface area contributed by atoms with Crippen molar-refractivity contribution >= 4 is 5.91 Å². The first kappa shape index (κ1) is 11.7. The summed E-state index contributed by atoms with van der Waals surface area (Å²) in [6.45, 7) is 2.02. The van der Waals surface area contributed by atoms with Crippen LogP contribution in [0.1, 0.15) is 23.7 Å². The van der Waals surface area contributed by atoms with Gasteiger partial charge in [-0.1, -0.05) is 24.3 Å². The average Bonchev–Trinajstić information content (AvgIpc) is 2.84. The van der Waals surface area contributed by atoms with E-state index in [1.807, 2.05) is 23.1 Å². The molecule has 1 amide bonds. The van der Waals surface area contributed by atoms with E-state index >= 15 is 0 Å². The molecule has 0 spiro atoms. The number of nitrogens with two attached hydrogens (primary N) is 1. The van der Waals surface area contributed by atoms with Crippen LogP contribution in [0.25, 0.3) is 0 Å².